The van der Waals surface area contributed by atoms with Crippen molar-refractivity contribution < 1.29 is 14.3 Å². The van der Waals surface area contributed by atoms with Gasteiger partial charge in [0, 0.05) is 4.47 Å². The number of ether oxygens (including phenoxy) is 2. The van der Waals surface area contributed by atoms with Crippen LogP contribution < -0.4 is 14.8 Å². The Kier molecular flexibility index (Phi) is 6.44. The molecule has 2 aromatic carbocycles. The van der Waals surface area contributed by atoms with Gasteiger partial charge in [0.25, 0.3) is 5.91 Å². The molecule has 0 bridgehead atoms. The molecule has 0 heterocycles. The number of amides is 1. The molecule has 0 unspecified atom stereocenters. The SMILES string of the molecule is C/C=C/c1ccc(OCC(=O)Nc2ccc(C)cc2Br)c(OC)c1. The highest BCUT2D eigenvalue weighted by atomic mass is 79.9. The van der Waals surface area contributed by atoms with Crippen LogP contribution in [-0.2, 0) is 4.79 Å². The summed E-state index contributed by atoms with van der Waals surface area (Å²) >= 11 is 3.44. The van der Waals surface area contributed by atoms with Crippen LogP contribution >= 0.6 is 15.9 Å². The third-order valence-electron chi connectivity index (χ3n) is 3.30. The van der Waals surface area contributed by atoms with Gasteiger partial charge < -0.3 is 14.8 Å². The van der Waals surface area contributed by atoms with Crippen molar-refractivity contribution in [3.05, 3.63) is 58.1 Å². The van der Waals surface area contributed by atoms with Crippen molar-refractivity contribution in [1.82, 2.24) is 0 Å². The number of allylic oxidation sites excluding steroid dienone is 1. The lowest BCUT2D eigenvalue weighted by Gasteiger charge is -2.12. The first-order valence-electron chi connectivity index (χ1n) is 7.53. The molecule has 1 amide bonds. The molecule has 0 saturated heterocycles. The lowest BCUT2D eigenvalue weighted by molar-refractivity contribution is -0.118. The number of carbonyl (C=O) groups is 1. The number of hydrogen-bond acceptors (Lipinski definition) is 3. The lowest BCUT2D eigenvalue weighted by Crippen LogP contribution is -2.20. The van der Waals surface area contributed by atoms with Gasteiger partial charge in [0.2, 0.25) is 0 Å². The molecule has 0 fully saturated rings. The van der Waals surface area contributed by atoms with Crippen LogP contribution in [0.3, 0.4) is 0 Å². The molecule has 0 radical (unpaired) electrons. The summed E-state index contributed by atoms with van der Waals surface area (Å²) in [5, 5.41) is 2.81. The smallest absolute Gasteiger partial charge is 0.262 e. The molecule has 0 atom stereocenters. The number of halogens is 1. The zero-order valence-corrected chi connectivity index (χ0v) is 15.5. The number of hydrogen-bond donors (Lipinski definition) is 1. The Morgan fingerprint density at radius 1 is 1.21 bits per heavy atom. The first kappa shape index (κ1) is 18.1. The molecule has 2 rings (SSSR count). The molecule has 0 spiro atoms. The minimum Gasteiger partial charge on any atom is -0.493 e. The van der Waals surface area contributed by atoms with E-state index in [-0.39, 0.29) is 12.5 Å². The monoisotopic (exact) mass is 389 g/mol. The fourth-order valence-electron chi connectivity index (χ4n) is 2.15. The van der Waals surface area contributed by atoms with Gasteiger partial charge in [0.05, 0.1) is 12.8 Å². The van der Waals surface area contributed by atoms with Gasteiger partial charge in [0.1, 0.15) is 0 Å². The highest BCUT2D eigenvalue weighted by molar-refractivity contribution is 9.10. The number of aryl methyl sites for hydroxylation is 1. The topological polar surface area (TPSA) is 47.6 Å². The van der Waals surface area contributed by atoms with E-state index in [0.717, 1.165) is 15.6 Å². The molecule has 5 heteroatoms. The minimum absolute atomic E-state index is 0.0976. The van der Waals surface area contributed by atoms with Crippen LogP contribution in [0.5, 0.6) is 11.5 Å². The minimum atomic E-state index is -0.237. The van der Waals surface area contributed by atoms with Gasteiger partial charge in [0.15, 0.2) is 18.1 Å². The van der Waals surface area contributed by atoms with Crippen molar-refractivity contribution in [2.45, 2.75) is 13.8 Å². The van der Waals surface area contributed by atoms with E-state index in [1.165, 1.54) is 0 Å². The Morgan fingerprint density at radius 2 is 2.00 bits per heavy atom. The number of carbonyl (C=O) groups excluding carboxylic acids is 1. The van der Waals surface area contributed by atoms with Crippen molar-refractivity contribution in [2.24, 2.45) is 0 Å². The van der Waals surface area contributed by atoms with E-state index >= 15 is 0 Å². The van der Waals surface area contributed by atoms with Gasteiger partial charge in [-0.3, -0.25) is 4.79 Å². The second kappa shape index (κ2) is 8.55. The maximum absolute atomic E-state index is 12.1. The second-order valence-corrected chi connectivity index (χ2v) is 6.08. The van der Waals surface area contributed by atoms with E-state index in [1.807, 2.05) is 56.3 Å². The van der Waals surface area contributed by atoms with E-state index in [4.69, 9.17) is 9.47 Å². The number of methoxy groups -OCH3 is 1. The summed E-state index contributed by atoms with van der Waals surface area (Å²) in [4.78, 5) is 12.1. The van der Waals surface area contributed by atoms with Crippen LogP contribution in [0, 0.1) is 6.92 Å². The molecule has 126 valence electrons. The third kappa shape index (κ3) is 4.86. The molecule has 0 aliphatic rings. The number of benzene rings is 2. The van der Waals surface area contributed by atoms with Crippen LogP contribution in [-0.4, -0.2) is 19.6 Å². The van der Waals surface area contributed by atoms with Gasteiger partial charge in [-0.1, -0.05) is 24.3 Å². The van der Waals surface area contributed by atoms with E-state index in [0.29, 0.717) is 17.2 Å². The Bertz CT molecular complexity index is 756. The third-order valence-corrected chi connectivity index (χ3v) is 3.96. The molecule has 1 N–H and O–H groups in total. The zero-order chi connectivity index (χ0) is 17.5. The number of nitrogens with one attached hydrogen (secondary N) is 1. The summed E-state index contributed by atoms with van der Waals surface area (Å²) in [5.74, 6) is 0.887. The predicted octanol–water partition coefficient (Wildman–Crippen LogP) is 4.82. The molecular weight excluding hydrogens is 370 g/mol. The molecule has 4 nitrogen and oxygen atoms in total. The Hall–Kier alpha value is -2.27. The van der Waals surface area contributed by atoms with Gasteiger partial charge in [-0.15, -0.1) is 0 Å². The molecule has 0 aromatic heterocycles. The number of rotatable bonds is 6. The van der Waals surface area contributed by atoms with Gasteiger partial charge in [-0.25, -0.2) is 0 Å². The lowest BCUT2D eigenvalue weighted by atomic mass is 10.2. The van der Waals surface area contributed by atoms with Crippen molar-refractivity contribution in [2.75, 3.05) is 19.0 Å². The summed E-state index contributed by atoms with van der Waals surface area (Å²) in [6.07, 6.45) is 3.91. The Balaban J connectivity index is 2.01. The first-order chi connectivity index (χ1) is 11.5. The molecule has 0 aliphatic heterocycles. The van der Waals surface area contributed by atoms with Gasteiger partial charge in [-0.2, -0.15) is 0 Å². The van der Waals surface area contributed by atoms with Crippen molar-refractivity contribution in [1.29, 1.82) is 0 Å². The summed E-state index contributed by atoms with van der Waals surface area (Å²) < 4.78 is 11.7. The fraction of sp³-hybridized carbons (Fsp3) is 0.211. The standard InChI is InChI=1S/C19H20BrNO3/c1-4-5-14-7-9-17(18(11-14)23-3)24-12-19(22)21-16-8-6-13(2)10-15(16)20/h4-11H,12H2,1-3H3,(H,21,22)/b5-4+. The van der Waals surface area contributed by atoms with Crippen molar-refractivity contribution >= 4 is 33.6 Å². The number of anilines is 1. The molecular formula is C19H20BrNO3. The average Bonchev–Trinajstić information content (AvgIpc) is 2.56. The van der Waals surface area contributed by atoms with Gasteiger partial charge in [-0.05, 0) is 65.2 Å². The maximum Gasteiger partial charge on any atom is 0.262 e. The summed E-state index contributed by atoms with van der Waals surface area (Å²) in [6, 6.07) is 11.3. The normalized spacial score (nSPS) is 10.7. The molecule has 0 saturated carbocycles. The predicted molar refractivity (Wildman–Crippen MR) is 101 cm³/mol. The summed E-state index contributed by atoms with van der Waals surface area (Å²) in [5.41, 5.74) is 2.83. The van der Waals surface area contributed by atoms with Crippen molar-refractivity contribution in [3.8, 4) is 11.5 Å². The second-order valence-electron chi connectivity index (χ2n) is 5.23. The van der Waals surface area contributed by atoms with Crippen molar-refractivity contribution in [3.63, 3.8) is 0 Å². The van der Waals surface area contributed by atoms with E-state index in [2.05, 4.69) is 21.2 Å². The van der Waals surface area contributed by atoms with Crippen LogP contribution in [0.4, 0.5) is 5.69 Å². The fourth-order valence-corrected chi connectivity index (χ4v) is 2.74. The Morgan fingerprint density at radius 3 is 2.67 bits per heavy atom. The van der Waals surface area contributed by atoms with Crippen LogP contribution in [0.2, 0.25) is 0 Å². The largest absolute Gasteiger partial charge is 0.493 e. The van der Waals surface area contributed by atoms with E-state index < -0.39 is 0 Å². The molecule has 0 aliphatic carbocycles. The van der Waals surface area contributed by atoms with E-state index in [1.54, 1.807) is 13.2 Å². The quantitative estimate of drug-likeness (QED) is 0.770. The summed E-state index contributed by atoms with van der Waals surface area (Å²) in [6.45, 7) is 3.84. The summed E-state index contributed by atoms with van der Waals surface area (Å²) in [7, 11) is 1.57. The maximum atomic E-state index is 12.1. The highest BCUT2D eigenvalue weighted by Gasteiger charge is 2.10. The average molecular weight is 390 g/mol. The van der Waals surface area contributed by atoms with Crippen LogP contribution in [0.25, 0.3) is 6.08 Å². The molecule has 24 heavy (non-hydrogen) atoms. The van der Waals surface area contributed by atoms with Gasteiger partial charge >= 0.3 is 0 Å². The Labute approximate surface area is 150 Å². The highest BCUT2D eigenvalue weighted by Crippen LogP contribution is 2.29. The molecule has 2 aromatic rings. The van der Waals surface area contributed by atoms with Crippen LogP contribution in [0.1, 0.15) is 18.1 Å². The zero-order valence-electron chi connectivity index (χ0n) is 13.9. The van der Waals surface area contributed by atoms with Crippen LogP contribution in [0.15, 0.2) is 46.9 Å². The first-order valence-corrected chi connectivity index (χ1v) is 8.32. The van der Waals surface area contributed by atoms with E-state index in [9.17, 15) is 4.79 Å².